The fourth-order valence-corrected chi connectivity index (χ4v) is 4.91. The zero-order chi connectivity index (χ0) is 21.6. The predicted octanol–water partition coefficient (Wildman–Crippen LogP) is 5.16. The van der Waals surface area contributed by atoms with Crippen molar-refractivity contribution in [3.05, 3.63) is 101 Å². The van der Waals surface area contributed by atoms with Gasteiger partial charge in [-0.1, -0.05) is 83.1 Å². The molecule has 0 aliphatic carbocycles. The van der Waals surface area contributed by atoms with Crippen molar-refractivity contribution in [2.75, 3.05) is 11.9 Å². The molecule has 0 saturated heterocycles. The van der Waals surface area contributed by atoms with Crippen LogP contribution in [-0.2, 0) is 10.3 Å². The lowest BCUT2D eigenvalue weighted by atomic mass is 9.75. The van der Waals surface area contributed by atoms with Gasteiger partial charge in [-0.3, -0.25) is 0 Å². The van der Waals surface area contributed by atoms with Crippen LogP contribution in [0.15, 0.2) is 89.2 Å². The van der Waals surface area contributed by atoms with E-state index in [-0.39, 0.29) is 5.41 Å². The molecular formula is C26H25N3O2. The van der Waals surface area contributed by atoms with E-state index in [2.05, 4.69) is 60.4 Å². The van der Waals surface area contributed by atoms with Crippen LogP contribution in [0.25, 0.3) is 0 Å². The molecule has 2 aliphatic heterocycles. The van der Waals surface area contributed by atoms with E-state index >= 15 is 0 Å². The Kier molecular flexibility index (Phi) is 4.36. The first kappa shape index (κ1) is 19.4. The van der Waals surface area contributed by atoms with E-state index in [4.69, 9.17) is 4.84 Å². The highest BCUT2D eigenvalue weighted by molar-refractivity contribution is 6.13. The molecule has 1 atom stereocenters. The van der Waals surface area contributed by atoms with Gasteiger partial charge in [0.05, 0.1) is 17.5 Å². The molecule has 1 N–H and O–H groups in total. The number of hydrogen-bond acceptors (Lipinski definition) is 5. The number of likely N-dealkylation sites (N-methyl/N-ethyl adjacent to an activating group) is 1. The molecule has 5 heteroatoms. The Morgan fingerprint density at radius 3 is 2.26 bits per heavy atom. The van der Waals surface area contributed by atoms with Gasteiger partial charge in [0.2, 0.25) is 5.72 Å². The maximum atomic E-state index is 9.56. The monoisotopic (exact) mass is 411 g/mol. The lowest BCUT2D eigenvalue weighted by molar-refractivity contribution is -0.0591. The summed E-state index contributed by atoms with van der Waals surface area (Å²) in [4.78, 5) is 8.42. The van der Waals surface area contributed by atoms with Crippen LogP contribution in [0.1, 0.15) is 42.5 Å². The minimum Gasteiger partial charge on any atom is -0.410 e. The molecule has 5 nitrogen and oxygen atoms in total. The molecule has 1 spiro atoms. The van der Waals surface area contributed by atoms with Crippen molar-refractivity contribution in [3.8, 4) is 0 Å². The largest absolute Gasteiger partial charge is 0.410 e. The second kappa shape index (κ2) is 6.98. The summed E-state index contributed by atoms with van der Waals surface area (Å²) in [6.07, 6.45) is 0.685. The number of para-hydroxylation sites is 1. The van der Waals surface area contributed by atoms with Gasteiger partial charge in [-0.05, 0) is 31.0 Å². The molecule has 156 valence electrons. The highest BCUT2D eigenvalue weighted by atomic mass is 16.7. The van der Waals surface area contributed by atoms with Crippen LogP contribution in [0.3, 0.4) is 0 Å². The molecule has 0 saturated carbocycles. The number of oxime groups is 2. The summed E-state index contributed by atoms with van der Waals surface area (Å²) in [6.45, 7) is 4.45. The minimum absolute atomic E-state index is 0.215. The van der Waals surface area contributed by atoms with Crippen molar-refractivity contribution in [2.24, 2.45) is 10.3 Å². The molecule has 0 bridgehead atoms. The minimum atomic E-state index is -0.549. The summed E-state index contributed by atoms with van der Waals surface area (Å²) in [5.41, 5.74) is 5.87. The number of fused-ring (bicyclic) bond motifs is 1. The molecule has 0 fully saturated rings. The summed E-state index contributed by atoms with van der Waals surface area (Å²) in [7, 11) is 2.08. The average Bonchev–Trinajstić information content (AvgIpc) is 3.33. The smallest absolute Gasteiger partial charge is 0.224 e. The first-order valence-electron chi connectivity index (χ1n) is 10.4. The molecule has 0 aromatic heterocycles. The van der Waals surface area contributed by atoms with E-state index in [1.54, 1.807) is 0 Å². The third-order valence-corrected chi connectivity index (χ3v) is 6.81. The van der Waals surface area contributed by atoms with Gasteiger partial charge in [0.25, 0.3) is 0 Å². The van der Waals surface area contributed by atoms with Crippen LogP contribution in [0.2, 0.25) is 0 Å². The Bertz CT molecular complexity index is 1180. The molecule has 0 amide bonds. The molecule has 1 unspecified atom stereocenters. The average molecular weight is 412 g/mol. The summed E-state index contributed by atoms with van der Waals surface area (Å²) in [5, 5.41) is 17.6. The van der Waals surface area contributed by atoms with Crippen molar-refractivity contribution in [2.45, 2.75) is 31.4 Å². The van der Waals surface area contributed by atoms with Crippen molar-refractivity contribution < 1.29 is 10.0 Å². The summed E-state index contributed by atoms with van der Waals surface area (Å²) < 4.78 is 0. The highest BCUT2D eigenvalue weighted by Gasteiger charge is 2.61. The topological polar surface area (TPSA) is 57.4 Å². The Hall–Kier alpha value is -3.60. The number of nitrogens with zero attached hydrogens (tertiary/aromatic N) is 3. The first-order chi connectivity index (χ1) is 15.0. The molecule has 5 rings (SSSR count). The van der Waals surface area contributed by atoms with Crippen LogP contribution in [-0.4, -0.2) is 29.4 Å². The van der Waals surface area contributed by atoms with Gasteiger partial charge >= 0.3 is 0 Å². The van der Waals surface area contributed by atoms with Crippen LogP contribution in [0.4, 0.5) is 5.69 Å². The maximum absolute atomic E-state index is 9.56. The Balaban J connectivity index is 1.42. The Labute approximate surface area is 182 Å². The first-order valence-corrected chi connectivity index (χ1v) is 10.4. The number of benzene rings is 3. The van der Waals surface area contributed by atoms with Crippen molar-refractivity contribution >= 4 is 17.1 Å². The van der Waals surface area contributed by atoms with Gasteiger partial charge in [-0.2, -0.15) is 0 Å². The summed E-state index contributed by atoms with van der Waals surface area (Å²) in [5.74, 6) is 0. The van der Waals surface area contributed by atoms with Crippen molar-refractivity contribution in [3.63, 3.8) is 0 Å². The van der Waals surface area contributed by atoms with E-state index in [0.29, 0.717) is 12.1 Å². The molecule has 2 heterocycles. The lowest BCUT2D eigenvalue weighted by Gasteiger charge is -2.40. The zero-order valence-electron chi connectivity index (χ0n) is 17.9. The van der Waals surface area contributed by atoms with Gasteiger partial charge in [0.15, 0.2) is 0 Å². The second-order valence-electron chi connectivity index (χ2n) is 8.68. The maximum Gasteiger partial charge on any atom is 0.224 e. The normalized spacial score (nSPS) is 21.7. The van der Waals surface area contributed by atoms with Crippen LogP contribution < -0.4 is 4.90 Å². The fourth-order valence-electron chi connectivity index (χ4n) is 4.91. The molecule has 3 aromatic rings. The van der Waals surface area contributed by atoms with E-state index in [1.165, 1.54) is 11.3 Å². The Morgan fingerprint density at radius 1 is 0.935 bits per heavy atom. The quantitative estimate of drug-likeness (QED) is 0.368. The number of anilines is 1. The van der Waals surface area contributed by atoms with Gasteiger partial charge in [-0.15, -0.1) is 0 Å². The third kappa shape index (κ3) is 2.76. The molecule has 31 heavy (non-hydrogen) atoms. The summed E-state index contributed by atoms with van der Waals surface area (Å²) in [6, 6.07) is 26.1. The number of hydrogen-bond donors (Lipinski definition) is 1. The van der Waals surface area contributed by atoms with Crippen LogP contribution in [0, 0.1) is 0 Å². The molecule has 0 radical (unpaired) electrons. The standard InChI is InChI=1S/C26H25N3O2/c1-25(2)21-11-7-8-12-23(21)29(3)26(25)17-22(28-31-26)18-13-15-20(16-14-18)24(27-30)19-9-5-4-6-10-19/h4-16,30H,17H2,1-3H3. The highest BCUT2D eigenvalue weighted by Crippen LogP contribution is 2.55. The van der Waals surface area contributed by atoms with Gasteiger partial charge in [0.1, 0.15) is 5.71 Å². The van der Waals surface area contributed by atoms with Gasteiger partial charge < -0.3 is 14.9 Å². The van der Waals surface area contributed by atoms with E-state index in [1.807, 2.05) is 54.6 Å². The van der Waals surface area contributed by atoms with Crippen molar-refractivity contribution in [1.29, 1.82) is 0 Å². The zero-order valence-corrected chi connectivity index (χ0v) is 17.9. The fraction of sp³-hybridized carbons (Fsp3) is 0.231. The SMILES string of the molecule is CN1c2ccccc2C(C)(C)C12CC(c1ccc(C(=NO)c3ccccc3)cc1)=NO2. The van der Waals surface area contributed by atoms with E-state index in [9.17, 15) is 5.21 Å². The second-order valence-corrected chi connectivity index (χ2v) is 8.68. The van der Waals surface area contributed by atoms with E-state index in [0.717, 1.165) is 22.4 Å². The van der Waals surface area contributed by atoms with Gasteiger partial charge in [0, 0.05) is 23.9 Å². The number of rotatable bonds is 3. The van der Waals surface area contributed by atoms with Crippen LogP contribution in [0.5, 0.6) is 0 Å². The van der Waals surface area contributed by atoms with Crippen LogP contribution >= 0.6 is 0 Å². The molecule has 3 aromatic carbocycles. The van der Waals surface area contributed by atoms with Gasteiger partial charge in [-0.25, -0.2) is 0 Å². The van der Waals surface area contributed by atoms with Crippen molar-refractivity contribution in [1.82, 2.24) is 0 Å². The Morgan fingerprint density at radius 2 is 1.58 bits per heavy atom. The lowest BCUT2D eigenvalue weighted by Crippen LogP contribution is -2.54. The van der Waals surface area contributed by atoms with E-state index < -0.39 is 5.72 Å². The molecule has 2 aliphatic rings. The summed E-state index contributed by atoms with van der Waals surface area (Å²) >= 11 is 0. The predicted molar refractivity (Wildman–Crippen MR) is 123 cm³/mol. The third-order valence-electron chi connectivity index (χ3n) is 6.81. The molecular weight excluding hydrogens is 386 g/mol.